The number of aryl methyl sites for hydroxylation is 2. The zero-order chi connectivity index (χ0) is 18.8. The maximum atomic E-state index is 12.8. The number of rotatable bonds is 4. The first-order valence-electron chi connectivity index (χ1n) is 9.14. The van der Waals surface area contributed by atoms with Crippen molar-refractivity contribution < 1.29 is 9.53 Å². The smallest absolute Gasteiger partial charge is 0.260 e. The number of hydrogen-bond acceptors (Lipinski definition) is 3. The monoisotopic (exact) mass is 361 g/mol. The van der Waals surface area contributed by atoms with Gasteiger partial charge in [0.15, 0.2) is 6.61 Å². The van der Waals surface area contributed by atoms with Gasteiger partial charge in [-0.15, -0.1) is 0 Å². The second-order valence-electron chi connectivity index (χ2n) is 7.07. The van der Waals surface area contributed by atoms with Crippen LogP contribution in [0.3, 0.4) is 0 Å². The summed E-state index contributed by atoms with van der Waals surface area (Å²) < 4.78 is 7.51. The van der Waals surface area contributed by atoms with Crippen LogP contribution in [0.2, 0.25) is 0 Å². The maximum absolute atomic E-state index is 12.8. The van der Waals surface area contributed by atoms with Crippen molar-refractivity contribution in [2.75, 3.05) is 13.2 Å². The summed E-state index contributed by atoms with van der Waals surface area (Å²) >= 11 is 0. The van der Waals surface area contributed by atoms with Crippen LogP contribution in [-0.2, 0) is 18.4 Å². The minimum atomic E-state index is -0.000955. The van der Waals surface area contributed by atoms with Crippen LogP contribution in [0.25, 0.3) is 0 Å². The molecule has 2 heterocycles. The summed E-state index contributed by atoms with van der Waals surface area (Å²) in [6.07, 6.45) is 3.91. The zero-order valence-corrected chi connectivity index (χ0v) is 15.6. The van der Waals surface area contributed by atoms with Crippen molar-refractivity contribution in [1.82, 2.24) is 14.7 Å². The molecule has 0 saturated heterocycles. The predicted molar refractivity (Wildman–Crippen MR) is 104 cm³/mol. The Labute approximate surface area is 159 Å². The fourth-order valence-corrected chi connectivity index (χ4v) is 3.57. The number of amides is 1. The van der Waals surface area contributed by atoms with Crippen molar-refractivity contribution in [2.45, 2.75) is 19.4 Å². The number of carbonyl (C=O) groups is 1. The fourth-order valence-electron chi connectivity index (χ4n) is 3.57. The first-order valence-corrected chi connectivity index (χ1v) is 9.14. The van der Waals surface area contributed by atoms with Crippen LogP contribution in [0.4, 0.5) is 0 Å². The van der Waals surface area contributed by atoms with Gasteiger partial charge in [-0.3, -0.25) is 9.48 Å². The molecule has 27 heavy (non-hydrogen) atoms. The van der Waals surface area contributed by atoms with Gasteiger partial charge in [-0.25, -0.2) is 0 Å². The van der Waals surface area contributed by atoms with Gasteiger partial charge in [0.2, 0.25) is 0 Å². The van der Waals surface area contributed by atoms with E-state index >= 15 is 0 Å². The molecule has 1 aliphatic rings. The van der Waals surface area contributed by atoms with Gasteiger partial charge in [-0.2, -0.15) is 5.10 Å². The van der Waals surface area contributed by atoms with Crippen molar-refractivity contribution in [3.05, 3.63) is 83.2 Å². The predicted octanol–water partition coefficient (Wildman–Crippen LogP) is 3.28. The van der Waals surface area contributed by atoms with E-state index in [2.05, 4.69) is 23.3 Å². The third-order valence-electron chi connectivity index (χ3n) is 5.06. The highest BCUT2D eigenvalue weighted by Crippen LogP contribution is 2.33. The summed E-state index contributed by atoms with van der Waals surface area (Å²) in [6, 6.07) is 16.1. The minimum absolute atomic E-state index is 0.000955. The highest BCUT2D eigenvalue weighted by atomic mass is 16.5. The van der Waals surface area contributed by atoms with Crippen LogP contribution in [0.5, 0.6) is 5.75 Å². The summed E-state index contributed by atoms with van der Waals surface area (Å²) in [5.41, 5.74) is 4.75. The molecular weight excluding hydrogens is 338 g/mol. The van der Waals surface area contributed by atoms with Gasteiger partial charge in [-0.1, -0.05) is 42.0 Å². The molecule has 1 atom stereocenters. The summed E-state index contributed by atoms with van der Waals surface area (Å²) in [6.45, 7) is 3.32. The van der Waals surface area contributed by atoms with Crippen molar-refractivity contribution in [3.63, 3.8) is 0 Å². The van der Waals surface area contributed by atoms with Gasteiger partial charge in [0, 0.05) is 32.3 Å². The molecule has 0 saturated carbocycles. The number of fused-ring (bicyclic) bond motifs is 1. The molecule has 0 spiro atoms. The average molecular weight is 361 g/mol. The van der Waals surface area contributed by atoms with Crippen molar-refractivity contribution in [3.8, 4) is 5.75 Å². The van der Waals surface area contributed by atoms with E-state index in [-0.39, 0.29) is 18.4 Å². The van der Waals surface area contributed by atoms with Gasteiger partial charge in [0.05, 0.1) is 6.20 Å². The SMILES string of the molecule is Cc1ccc(OCC(=O)N2Cc3ccccc3C(c3cnn(C)c3)C2)cc1. The summed E-state index contributed by atoms with van der Waals surface area (Å²) in [7, 11) is 1.91. The number of benzene rings is 2. The van der Waals surface area contributed by atoms with E-state index in [0.717, 1.165) is 11.3 Å². The quantitative estimate of drug-likeness (QED) is 0.716. The summed E-state index contributed by atoms with van der Waals surface area (Å²) in [5, 5.41) is 4.31. The number of nitrogens with zero attached hydrogens (tertiary/aromatic N) is 3. The van der Waals surface area contributed by atoms with Gasteiger partial charge in [0.1, 0.15) is 5.75 Å². The maximum Gasteiger partial charge on any atom is 0.260 e. The van der Waals surface area contributed by atoms with Crippen LogP contribution in [-0.4, -0.2) is 33.7 Å². The molecule has 0 fully saturated rings. The lowest BCUT2D eigenvalue weighted by atomic mass is 9.86. The van der Waals surface area contributed by atoms with E-state index in [1.54, 1.807) is 4.68 Å². The fraction of sp³-hybridized carbons (Fsp3) is 0.273. The Bertz CT molecular complexity index is 946. The van der Waals surface area contributed by atoms with E-state index < -0.39 is 0 Å². The topological polar surface area (TPSA) is 47.4 Å². The molecule has 0 aliphatic carbocycles. The van der Waals surface area contributed by atoms with Crippen LogP contribution in [0, 0.1) is 6.92 Å². The Balaban J connectivity index is 1.51. The van der Waals surface area contributed by atoms with Crippen LogP contribution in [0.15, 0.2) is 60.9 Å². The van der Waals surface area contributed by atoms with Gasteiger partial charge >= 0.3 is 0 Å². The van der Waals surface area contributed by atoms with E-state index in [9.17, 15) is 4.79 Å². The van der Waals surface area contributed by atoms with E-state index in [1.807, 2.05) is 61.6 Å². The van der Waals surface area contributed by atoms with Gasteiger partial charge < -0.3 is 9.64 Å². The second kappa shape index (κ2) is 7.27. The normalized spacial score (nSPS) is 16.1. The largest absolute Gasteiger partial charge is 0.484 e. The van der Waals surface area contributed by atoms with E-state index in [1.165, 1.54) is 16.7 Å². The summed E-state index contributed by atoms with van der Waals surface area (Å²) in [5.74, 6) is 0.848. The van der Waals surface area contributed by atoms with Crippen LogP contribution in [0.1, 0.15) is 28.2 Å². The zero-order valence-electron chi connectivity index (χ0n) is 15.6. The Kier molecular flexibility index (Phi) is 4.67. The molecular formula is C22H23N3O2. The molecule has 0 bridgehead atoms. The van der Waals surface area contributed by atoms with Crippen LogP contribution >= 0.6 is 0 Å². The molecule has 1 aliphatic heterocycles. The molecule has 138 valence electrons. The number of ether oxygens (including phenoxy) is 1. The lowest BCUT2D eigenvalue weighted by molar-refractivity contribution is -0.134. The molecule has 2 aromatic carbocycles. The number of hydrogen-bond donors (Lipinski definition) is 0. The molecule has 3 aromatic rings. The van der Waals surface area contributed by atoms with E-state index in [4.69, 9.17) is 4.74 Å². The molecule has 4 rings (SSSR count). The highest BCUT2D eigenvalue weighted by molar-refractivity contribution is 5.78. The summed E-state index contributed by atoms with van der Waals surface area (Å²) in [4.78, 5) is 14.7. The standard InChI is InChI=1S/C22H23N3O2/c1-16-7-9-19(10-8-16)27-15-22(26)25-13-17-5-3-4-6-20(17)21(14-25)18-11-23-24(2)12-18/h3-12,21H,13-15H2,1-2H3. The molecule has 5 heteroatoms. The lowest BCUT2D eigenvalue weighted by Gasteiger charge is -2.34. The molecule has 1 unspecified atom stereocenters. The van der Waals surface area contributed by atoms with Gasteiger partial charge in [0.25, 0.3) is 5.91 Å². The molecule has 0 radical (unpaired) electrons. The first-order chi connectivity index (χ1) is 13.1. The first kappa shape index (κ1) is 17.3. The molecule has 0 N–H and O–H groups in total. The minimum Gasteiger partial charge on any atom is -0.484 e. The lowest BCUT2D eigenvalue weighted by Crippen LogP contribution is -2.41. The van der Waals surface area contributed by atoms with Gasteiger partial charge in [-0.05, 0) is 35.7 Å². The Morgan fingerprint density at radius 3 is 2.70 bits per heavy atom. The Hall–Kier alpha value is -3.08. The van der Waals surface area contributed by atoms with E-state index in [0.29, 0.717) is 13.1 Å². The molecule has 5 nitrogen and oxygen atoms in total. The number of aromatic nitrogens is 2. The highest BCUT2D eigenvalue weighted by Gasteiger charge is 2.29. The van der Waals surface area contributed by atoms with Crippen molar-refractivity contribution in [2.24, 2.45) is 7.05 Å². The molecule has 1 amide bonds. The number of carbonyl (C=O) groups excluding carboxylic acids is 1. The average Bonchev–Trinajstić information content (AvgIpc) is 3.12. The molecule has 1 aromatic heterocycles. The van der Waals surface area contributed by atoms with Crippen molar-refractivity contribution >= 4 is 5.91 Å². The second-order valence-corrected chi connectivity index (χ2v) is 7.07. The Morgan fingerprint density at radius 2 is 1.96 bits per heavy atom. The third kappa shape index (κ3) is 3.72. The van der Waals surface area contributed by atoms with Crippen molar-refractivity contribution in [1.29, 1.82) is 0 Å². The van der Waals surface area contributed by atoms with Crippen LogP contribution < -0.4 is 4.74 Å². The Morgan fingerprint density at radius 1 is 1.19 bits per heavy atom. The third-order valence-corrected chi connectivity index (χ3v) is 5.06.